The molecule has 0 spiro atoms. The van der Waals surface area contributed by atoms with Crippen molar-refractivity contribution in [2.24, 2.45) is 10.7 Å². The van der Waals surface area contributed by atoms with Crippen LogP contribution in [0.15, 0.2) is 23.2 Å². The van der Waals surface area contributed by atoms with E-state index in [1.165, 1.54) is 18.9 Å². The van der Waals surface area contributed by atoms with Crippen molar-refractivity contribution in [1.82, 2.24) is 4.90 Å². The Kier molecular flexibility index (Phi) is 6.22. The van der Waals surface area contributed by atoms with Crippen LogP contribution in [0.25, 0.3) is 0 Å². The number of guanidine groups is 1. The fraction of sp³-hybridized carbons (Fsp3) is 0.588. The Labute approximate surface area is 153 Å². The largest absolute Gasteiger partial charge is 0.370 e. The summed E-state index contributed by atoms with van der Waals surface area (Å²) in [6.07, 6.45) is 6.55. The van der Waals surface area contributed by atoms with Crippen molar-refractivity contribution in [3.8, 4) is 0 Å². The van der Waals surface area contributed by atoms with E-state index in [0.717, 1.165) is 44.8 Å². The number of rotatable bonds is 3. The van der Waals surface area contributed by atoms with Crippen LogP contribution in [0.3, 0.4) is 0 Å². The molecule has 2 N–H and O–H groups in total. The van der Waals surface area contributed by atoms with Crippen LogP contribution in [0.2, 0.25) is 0 Å². The van der Waals surface area contributed by atoms with Gasteiger partial charge in [-0.05, 0) is 37.3 Å². The Hall–Kier alpha value is -0.920. The summed E-state index contributed by atoms with van der Waals surface area (Å²) in [6.45, 7) is 2.39. The summed E-state index contributed by atoms with van der Waals surface area (Å²) in [7, 11) is 0. The second-order valence-electron chi connectivity index (χ2n) is 6.48. The predicted octanol–water partition coefficient (Wildman–Crippen LogP) is 3.81. The lowest BCUT2D eigenvalue weighted by Gasteiger charge is -2.22. The summed E-state index contributed by atoms with van der Waals surface area (Å²) in [5.41, 5.74) is 6.40. The van der Waals surface area contributed by atoms with Gasteiger partial charge in [0, 0.05) is 24.6 Å². The van der Waals surface area contributed by atoms with Crippen LogP contribution in [0.5, 0.6) is 0 Å². The molecule has 0 bridgehead atoms. The van der Waals surface area contributed by atoms with Crippen LogP contribution in [0, 0.1) is 11.6 Å². The van der Waals surface area contributed by atoms with Crippen LogP contribution in [-0.4, -0.2) is 30.5 Å². The van der Waals surface area contributed by atoms with Crippen LogP contribution in [-0.2, 0) is 5.41 Å². The van der Waals surface area contributed by atoms with Gasteiger partial charge in [-0.15, -0.1) is 24.0 Å². The molecule has 0 radical (unpaired) electrons. The smallest absolute Gasteiger partial charge is 0.191 e. The zero-order chi connectivity index (χ0) is 15.6. The standard InChI is InChI=1S/C17H23F2N3.HI/c18-13-5-6-14(15(19)11-13)17(7-8-17)12-21-16(20)22-9-3-1-2-4-10-22;/h5-6,11H,1-4,7-10,12H2,(H2,20,21);1H. The molecule has 1 saturated heterocycles. The van der Waals surface area contributed by atoms with Gasteiger partial charge in [0.1, 0.15) is 11.6 Å². The summed E-state index contributed by atoms with van der Waals surface area (Å²) >= 11 is 0. The molecule has 3 rings (SSSR count). The molecule has 23 heavy (non-hydrogen) atoms. The van der Waals surface area contributed by atoms with Crippen LogP contribution < -0.4 is 5.73 Å². The second kappa shape index (κ2) is 7.77. The van der Waals surface area contributed by atoms with E-state index in [-0.39, 0.29) is 29.4 Å². The highest BCUT2D eigenvalue weighted by molar-refractivity contribution is 14.0. The molecule has 0 unspecified atom stereocenters. The fourth-order valence-electron chi connectivity index (χ4n) is 3.22. The van der Waals surface area contributed by atoms with E-state index in [9.17, 15) is 8.78 Å². The van der Waals surface area contributed by atoms with Crippen molar-refractivity contribution < 1.29 is 8.78 Å². The van der Waals surface area contributed by atoms with Crippen molar-refractivity contribution in [2.45, 2.75) is 43.9 Å². The molecule has 1 saturated carbocycles. The van der Waals surface area contributed by atoms with Crippen molar-refractivity contribution in [1.29, 1.82) is 0 Å². The number of halogens is 3. The normalized spacial score (nSPS) is 20.6. The third-order valence-corrected chi connectivity index (χ3v) is 4.83. The van der Waals surface area contributed by atoms with Crippen molar-refractivity contribution in [3.05, 3.63) is 35.4 Å². The molecular formula is C17H24F2IN3. The van der Waals surface area contributed by atoms with Gasteiger partial charge in [0.15, 0.2) is 5.96 Å². The quantitative estimate of drug-likeness (QED) is 0.446. The highest BCUT2D eigenvalue weighted by Gasteiger charge is 2.46. The van der Waals surface area contributed by atoms with Gasteiger partial charge in [-0.1, -0.05) is 18.9 Å². The summed E-state index contributed by atoms with van der Waals surface area (Å²) in [4.78, 5) is 6.65. The minimum atomic E-state index is -0.537. The molecule has 1 aliphatic heterocycles. The minimum absolute atomic E-state index is 0. The first-order valence-corrected chi connectivity index (χ1v) is 8.11. The Morgan fingerprint density at radius 2 is 1.78 bits per heavy atom. The van der Waals surface area contributed by atoms with E-state index >= 15 is 0 Å². The maximum absolute atomic E-state index is 14.0. The monoisotopic (exact) mass is 435 g/mol. The maximum Gasteiger partial charge on any atom is 0.191 e. The highest BCUT2D eigenvalue weighted by atomic mass is 127. The van der Waals surface area contributed by atoms with E-state index in [0.29, 0.717) is 18.1 Å². The van der Waals surface area contributed by atoms with E-state index in [4.69, 9.17) is 5.73 Å². The molecule has 1 heterocycles. The second-order valence-corrected chi connectivity index (χ2v) is 6.48. The average Bonchev–Trinajstić information content (AvgIpc) is 3.29. The summed E-state index contributed by atoms with van der Waals surface area (Å²) in [5.74, 6) is -0.443. The molecular weight excluding hydrogens is 411 g/mol. The average molecular weight is 435 g/mol. The number of benzene rings is 1. The van der Waals surface area contributed by atoms with Gasteiger partial charge in [0.25, 0.3) is 0 Å². The van der Waals surface area contributed by atoms with Gasteiger partial charge in [-0.3, -0.25) is 4.99 Å². The number of hydrogen-bond acceptors (Lipinski definition) is 1. The van der Waals surface area contributed by atoms with Gasteiger partial charge in [-0.25, -0.2) is 8.78 Å². The Bertz CT molecular complexity index is 565. The highest BCUT2D eigenvalue weighted by Crippen LogP contribution is 2.49. The first-order chi connectivity index (χ1) is 10.6. The molecule has 0 aromatic heterocycles. The number of nitrogens with two attached hydrogens (primary N) is 1. The lowest BCUT2D eigenvalue weighted by atomic mass is 9.95. The zero-order valence-electron chi connectivity index (χ0n) is 13.2. The molecule has 0 amide bonds. The summed E-state index contributed by atoms with van der Waals surface area (Å²) in [6, 6.07) is 3.83. The SMILES string of the molecule is I.NC(=NCC1(c2ccc(F)cc2F)CC1)N1CCCCCC1. The van der Waals surface area contributed by atoms with E-state index in [1.54, 1.807) is 6.07 Å². The molecule has 3 nitrogen and oxygen atoms in total. The van der Waals surface area contributed by atoms with Gasteiger partial charge in [0.2, 0.25) is 0 Å². The first kappa shape index (κ1) is 18.4. The molecule has 1 aromatic rings. The zero-order valence-corrected chi connectivity index (χ0v) is 15.6. The molecule has 2 aliphatic rings. The Morgan fingerprint density at radius 1 is 1.13 bits per heavy atom. The van der Waals surface area contributed by atoms with Gasteiger partial charge < -0.3 is 10.6 Å². The lowest BCUT2D eigenvalue weighted by molar-refractivity contribution is 0.427. The molecule has 1 aromatic carbocycles. The molecule has 128 valence electrons. The summed E-state index contributed by atoms with van der Waals surface area (Å²) < 4.78 is 27.0. The summed E-state index contributed by atoms with van der Waals surface area (Å²) in [5, 5.41) is 0. The third kappa shape index (κ3) is 4.33. The van der Waals surface area contributed by atoms with Crippen molar-refractivity contribution in [3.63, 3.8) is 0 Å². The third-order valence-electron chi connectivity index (χ3n) is 4.83. The number of likely N-dealkylation sites (tertiary alicyclic amines) is 1. The number of aliphatic imine (C=N–C) groups is 1. The maximum atomic E-state index is 14.0. The lowest BCUT2D eigenvalue weighted by Crippen LogP contribution is -2.38. The molecule has 6 heteroatoms. The van der Waals surface area contributed by atoms with Crippen LogP contribution in [0.4, 0.5) is 8.78 Å². The molecule has 0 atom stereocenters. The van der Waals surface area contributed by atoms with Gasteiger partial charge in [-0.2, -0.15) is 0 Å². The molecule has 2 fully saturated rings. The Balaban J connectivity index is 0.00000192. The van der Waals surface area contributed by atoms with E-state index in [2.05, 4.69) is 9.89 Å². The van der Waals surface area contributed by atoms with Gasteiger partial charge in [0.05, 0.1) is 6.54 Å². The first-order valence-electron chi connectivity index (χ1n) is 8.11. The van der Waals surface area contributed by atoms with Crippen molar-refractivity contribution in [2.75, 3.05) is 19.6 Å². The number of hydrogen-bond donors (Lipinski definition) is 1. The fourth-order valence-corrected chi connectivity index (χ4v) is 3.22. The number of nitrogens with zero attached hydrogens (tertiary/aromatic N) is 2. The van der Waals surface area contributed by atoms with Crippen molar-refractivity contribution >= 4 is 29.9 Å². The molecule has 1 aliphatic carbocycles. The Morgan fingerprint density at radius 3 is 2.35 bits per heavy atom. The minimum Gasteiger partial charge on any atom is -0.370 e. The van der Waals surface area contributed by atoms with Crippen LogP contribution >= 0.6 is 24.0 Å². The van der Waals surface area contributed by atoms with Crippen LogP contribution in [0.1, 0.15) is 44.1 Å². The topological polar surface area (TPSA) is 41.6 Å². The van der Waals surface area contributed by atoms with E-state index < -0.39 is 11.6 Å². The predicted molar refractivity (Wildman–Crippen MR) is 99.2 cm³/mol. The van der Waals surface area contributed by atoms with E-state index in [1.807, 2.05) is 0 Å². The van der Waals surface area contributed by atoms with Gasteiger partial charge >= 0.3 is 0 Å².